The highest BCUT2D eigenvalue weighted by Crippen LogP contribution is 2.25. The molecular weight excluding hydrogens is 260 g/mol. The van der Waals surface area contributed by atoms with Crippen molar-refractivity contribution < 1.29 is 0 Å². The maximum Gasteiger partial charge on any atom is 0.162 e. The van der Waals surface area contributed by atoms with Crippen molar-refractivity contribution in [3.05, 3.63) is 58.9 Å². The summed E-state index contributed by atoms with van der Waals surface area (Å²) < 4.78 is 1.86. The molecule has 3 aromatic rings. The zero-order chi connectivity index (χ0) is 13.4. The van der Waals surface area contributed by atoms with Gasteiger partial charge in [-0.3, -0.25) is 4.40 Å². The molecule has 2 heterocycles. The topological polar surface area (TPSA) is 69.3 Å². The summed E-state index contributed by atoms with van der Waals surface area (Å²) in [7, 11) is 0. The highest BCUT2D eigenvalue weighted by atomic mass is 35.5. The van der Waals surface area contributed by atoms with E-state index in [4.69, 9.17) is 23.1 Å². The molecule has 0 unspecified atom stereocenters. The van der Waals surface area contributed by atoms with Crippen LogP contribution in [0.15, 0.2) is 42.6 Å². The summed E-state index contributed by atoms with van der Waals surface area (Å²) in [5, 5.41) is 0.566. The lowest BCUT2D eigenvalue weighted by atomic mass is 10.1. The van der Waals surface area contributed by atoms with Gasteiger partial charge >= 0.3 is 0 Å². The number of hydrogen-bond acceptors (Lipinski definition) is 3. The molecule has 5 heteroatoms. The Hall–Kier alpha value is -2.20. The third-order valence-corrected chi connectivity index (χ3v) is 3.27. The van der Waals surface area contributed by atoms with Gasteiger partial charge in [0, 0.05) is 12.6 Å². The quantitative estimate of drug-likeness (QED) is 0.754. The fourth-order valence-electron chi connectivity index (χ4n) is 2.17. The molecule has 0 fully saturated rings. The second-order valence-electron chi connectivity index (χ2n) is 4.41. The molecule has 4 nitrogen and oxygen atoms in total. The number of nitrogen functional groups attached to an aromatic ring is 2. The highest BCUT2D eigenvalue weighted by molar-refractivity contribution is 6.30. The maximum absolute atomic E-state index is 6.04. The normalized spacial score (nSPS) is 11.0. The smallest absolute Gasteiger partial charge is 0.162 e. The van der Waals surface area contributed by atoms with Crippen LogP contribution < -0.4 is 11.5 Å². The molecule has 0 saturated carbocycles. The molecule has 4 N–H and O–H groups in total. The number of benzene rings is 1. The van der Waals surface area contributed by atoms with Gasteiger partial charge in [0.05, 0.1) is 16.4 Å². The van der Waals surface area contributed by atoms with Crippen LogP contribution in [0.4, 0.5) is 11.5 Å². The fraction of sp³-hybridized carbons (Fsp3) is 0.0714. The van der Waals surface area contributed by atoms with E-state index < -0.39 is 0 Å². The van der Waals surface area contributed by atoms with E-state index >= 15 is 0 Å². The second kappa shape index (κ2) is 4.48. The minimum Gasteiger partial charge on any atom is -0.396 e. The zero-order valence-corrected chi connectivity index (χ0v) is 10.9. The van der Waals surface area contributed by atoms with Crippen molar-refractivity contribution in [2.24, 2.45) is 0 Å². The van der Waals surface area contributed by atoms with Crippen molar-refractivity contribution in [1.82, 2.24) is 9.38 Å². The Bertz CT molecular complexity index is 734. The van der Waals surface area contributed by atoms with Gasteiger partial charge in [0.25, 0.3) is 0 Å². The van der Waals surface area contributed by atoms with Crippen LogP contribution in [0.1, 0.15) is 11.3 Å². The number of pyridine rings is 1. The van der Waals surface area contributed by atoms with Crippen LogP contribution in [-0.4, -0.2) is 9.38 Å². The number of imidazole rings is 1. The van der Waals surface area contributed by atoms with Crippen LogP contribution >= 0.6 is 11.6 Å². The van der Waals surface area contributed by atoms with Gasteiger partial charge < -0.3 is 11.5 Å². The van der Waals surface area contributed by atoms with E-state index in [0.29, 0.717) is 28.6 Å². The van der Waals surface area contributed by atoms with E-state index in [0.717, 1.165) is 11.3 Å². The number of nitrogens with zero attached hydrogens (tertiary/aromatic N) is 2. The van der Waals surface area contributed by atoms with Crippen molar-refractivity contribution in [3.8, 4) is 0 Å². The Kier molecular flexibility index (Phi) is 2.80. The molecule has 2 aromatic heterocycles. The Morgan fingerprint density at radius 2 is 1.89 bits per heavy atom. The van der Waals surface area contributed by atoms with Crippen LogP contribution in [0.5, 0.6) is 0 Å². The third-order valence-electron chi connectivity index (χ3n) is 3.06. The summed E-state index contributed by atoms with van der Waals surface area (Å²) in [6, 6.07) is 11.7. The molecule has 3 rings (SSSR count). The minimum atomic E-state index is 0.484. The van der Waals surface area contributed by atoms with Crippen LogP contribution in [0.2, 0.25) is 5.02 Å². The molecule has 0 aliphatic heterocycles. The summed E-state index contributed by atoms with van der Waals surface area (Å²) in [5.41, 5.74) is 15.1. The van der Waals surface area contributed by atoms with E-state index in [9.17, 15) is 0 Å². The number of halogens is 1. The first-order valence-corrected chi connectivity index (χ1v) is 6.28. The van der Waals surface area contributed by atoms with Gasteiger partial charge in [-0.05, 0) is 11.6 Å². The van der Waals surface area contributed by atoms with E-state index in [2.05, 4.69) is 4.98 Å². The Morgan fingerprint density at radius 1 is 1.16 bits per heavy atom. The molecular formula is C14H13ClN4. The number of aromatic nitrogens is 2. The van der Waals surface area contributed by atoms with Gasteiger partial charge in [0.15, 0.2) is 5.65 Å². The highest BCUT2D eigenvalue weighted by Gasteiger charge is 2.12. The molecule has 0 spiro atoms. The number of hydrogen-bond donors (Lipinski definition) is 2. The number of fused-ring (bicyclic) bond motifs is 1. The van der Waals surface area contributed by atoms with Crippen LogP contribution in [0.25, 0.3) is 5.65 Å². The van der Waals surface area contributed by atoms with E-state index in [-0.39, 0.29) is 0 Å². The lowest BCUT2D eigenvalue weighted by Gasteiger charge is -2.05. The minimum absolute atomic E-state index is 0.484. The van der Waals surface area contributed by atoms with Crippen molar-refractivity contribution in [1.29, 1.82) is 0 Å². The summed E-state index contributed by atoms with van der Waals surface area (Å²) in [5.74, 6) is 0.484. The van der Waals surface area contributed by atoms with Gasteiger partial charge in [-0.1, -0.05) is 41.9 Å². The lowest BCUT2D eigenvalue weighted by Crippen LogP contribution is -1.99. The Morgan fingerprint density at radius 3 is 2.63 bits per heavy atom. The SMILES string of the molecule is Nc1nc2c(N)cc(Cl)cn2c1Cc1ccccc1. The van der Waals surface area contributed by atoms with Crippen LogP contribution in [0, 0.1) is 0 Å². The summed E-state index contributed by atoms with van der Waals surface area (Å²) >= 11 is 6.04. The maximum atomic E-state index is 6.04. The molecule has 0 atom stereocenters. The fourth-order valence-corrected chi connectivity index (χ4v) is 2.38. The lowest BCUT2D eigenvalue weighted by molar-refractivity contribution is 1.03. The Balaban J connectivity index is 2.15. The number of nitrogens with two attached hydrogens (primary N) is 2. The van der Waals surface area contributed by atoms with Crippen molar-refractivity contribution >= 4 is 28.8 Å². The van der Waals surface area contributed by atoms with Gasteiger partial charge in [0.2, 0.25) is 0 Å². The average Bonchev–Trinajstić information content (AvgIpc) is 2.69. The van der Waals surface area contributed by atoms with Crippen molar-refractivity contribution in [3.63, 3.8) is 0 Å². The monoisotopic (exact) mass is 272 g/mol. The molecule has 96 valence electrons. The van der Waals surface area contributed by atoms with Gasteiger partial charge in [-0.15, -0.1) is 0 Å². The van der Waals surface area contributed by atoms with Crippen LogP contribution in [-0.2, 0) is 6.42 Å². The summed E-state index contributed by atoms with van der Waals surface area (Å²) in [4.78, 5) is 4.31. The third kappa shape index (κ3) is 2.11. The largest absolute Gasteiger partial charge is 0.396 e. The van der Waals surface area contributed by atoms with Gasteiger partial charge in [-0.25, -0.2) is 4.98 Å². The zero-order valence-electron chi connectivity index (χ0n) is 10.2. The first kappa shape index (κ1) is 11.9. The average molecular weight is 273 g/mol. The van der Waals surface area contributed by atoms with E-state index in [1.165, 1.54) is 0 Å². The number of rotatable bonds is 2. The first-order valence-electron chi connectivity index (χ1n) is 5.90. The predicted molar refractivity (Wildman–Crippen MR) is 78.3 cm³/mol. The van der Waals surface area contributed by atoms with E-state index in [1.54, 1.807) is 12.3 Å². The number of anilines is 2. The molecule has 0 aliphatic rings. The standard InChI is InChI=1S/C14H13ClN4/c15-10-7-11(16)14-18-13(17)12(19(14)8-10)6-9-4-2-1-3-5-9/h1-5,7-8H,6,16-17H2. The predicted octanol–water partition coefficient (Wildman–Crippen LogP) is 2.74. The summed E-state index contributed by atoms with van der Waals surface area (Å²) in [6.45, 7) is 0. The Labute approximate surface area is 115 Å². The van der Waals surface area contributed by atoms with Crippen LogP contribution in [0.3, 0.4) is 0 Å². The molecule has 0 bridgehead atoms. The van der Waals surface area contributed by atoms with Gasteiger partial charge in [0.1, 0.15) is 5.82 Å². The molecule has 0 saturated heterocycles. The second-order valence-corrected chi connectivity index (χ2v) is 4.85. The van der Waals surface area contributed by atoms with E-state index in [1.807, 2.05) is 34.7 Å². The molecule has 0 amide bonds. The molecule has 19 heavy (non-hydrogen) atoms. The molecule has 0 aliphatic carbocycles. The first-order chi connectivity index (χ1) is 9.15. The molecule has 1 aromatic carbocycles. The van der Waals surface area contributed by atoms with Crippen molar-refractivity contribution in [2.45, 2.75) is 6.42 Å². The summed E-state index contributed by atoms with van der Waals surface area (Å²) in [6.07, 6.45) is 2.47. The molecule has 0 radical (unpaired) electrons. The van der Waals surface area contributed by atoms with Gasteiger partial charge in [-0.2, -0.15) is 0 Å². The van der Waals surface area contributed by atoms with Crippen molar-refractivity contribution in [2.75, 3.05) is 11.5 Å².